The SMILES string of the molecule is CC(C)CCNS(=O)(=O)c1cc(CN)ccc1F. The van der Waals surface area contributed by atoms with E-state index in [1.165, 1.54) is 12.1 Å². The van der Waals surface area contributed by atoms with Crippen molar-refractivity contribution in [3.63, 3.8) is 0 Å². The van der Waals surface area contributed by atoms with Crippen LogP contribution in [0.4, 0.5) is 4.39 Å². The van der Waals surface area contributed by atoms with Crippen LogP contribution in [-0.2, 0) is 16.6 Å². The van der Waals surface area contributed by atoms with Gasteiger partial charge in [-0.3, -0.25) is 0 Å². The van der Waals surface area contributed by atoms with Gasteiger partial charge in [0, 0.05) is 13.1 Å². The van der Waals surface area contributed by atoms with Crippen molar-refractivity contribution >= 4 is 10.0 Å². The fourth-order valence-electron chi connectivity index (χ4n) is 1.44. The molecule has 3 N–H and O–H groups in total. The summed E-state index contributed by atoms with van der Waals surface area (Å²) in [6.07, 6.45) is 0.706. The first-order chi connectivity index (χ1) is 8.36. The molecule has 4 nitrogen and oxygen atoms in total. The van der Waals surface area contributed by atoms with Crippen LogP contribution in [0.25, 0.3) is 0 Å². The molecule has 0 spiro atoms. The fourth-order valence-corrected chi connectivity index (χ4v) is 2.61. The zero-order valence-corrected chi connectivity index (χ0v) is 11.4. The van der Waals surface area contributed by atoms with Gasteiger partial charge < -0.3 is 5.73 Å². The Morgan fingerprint density at radius 1 is 1.39 bits per heavy atom. The first-order valence-corrected chi connectivity index (χ1v) is 7.33. The summed E-state index contributed by atoms with van der Waals surface area (Å²) in [6, 6.07) is 3.87. The number of halogens is 1. The van der Waals surface area contributed by atoms with Gasteiger partial charge in [0.25, 0.3) is 0 Å². The molecule has 1 aromatic rings. The largest absolute Gasteiger partial charge is 0.326 e. The van der Waals surface area contributed by atoms with E-state index in [-0.39, 0.29) is 11.4 Å². The van der Waals surface area contributed by atoms with Gasteiger partial charge in [0.1, 0.15) is 10.7 Å². The molecule has 0 aliphatic rings. The summed E-state index contributed by atoms with van der Waals surface area (Å²) in [7, 11) is -3.80. The Labute approximate surface area is 107 Å². The van der Waals surface area contributed by atoms with Crippen molar-refractivity contribution in [3.05, 3.63) is 29.6 Å². The highest BCUT2D eigenvalue weighted by atomic mass is 32.2. The third-order valence-corrected chi connectivity index (χ3v) is 4.01. The van der Waals surface area contributed by atoms with Gasteiger partial charge in [0.05, 0.1) is 0 Å². The lowest BCUT2D eigenvalue weighted by Crippen LogP contribution is -2.26. The summed E-state index contributed by atoms with van der Waals surface area (Å²) in [5, 5.41) is 0. The third-order valence-electron chi connectivity index (χ3n) is 2.53. The molecule has 0 unspecified atom stereocenters. The van der Waals surface area contributed by atoms with Gasteiger partial charge in [-0.2, -0.15) is 0 Å². The highest BCUT2D eigenvalue weighted by molar-refractivity contribution is 7.89. The van der Waals surface area contributed by atoms with Crippen LogP contribution in [0.3, 0.4) is 0 Å². The van der Waals surface area contributed by atoms with E-state index in [0.717, 1.165) is 6.07 Å². The molecule has 0 atom stereocenters. The second-order valence-electron chi connectivity index (χ2n) is 4.55. The third kappa shape index (κ3) is 4.04. The van der Waals surface area contributed by atoms with Gasteiger partial charge in [-0.15, -0.1) is 0 Å². The van der Waals surface area contributed by atoms with Gasteiger partial charge in [0.15, 0.2) is 0 Å². The minimum atomic E-state index is -3.80. The molecule has 0 aromatic heterocycles. The molecule has 1 aromatic carbocycles. The summed E-state index contributed by atoms with van der Waals surface area (Å²) < 4.78 is 39.7. The second-order valence-corrected chi connectivity index (χ2v) is 6.28. The summed E-state index contributed by atoms with van der Waals surface area (Å²) in [6.45, 7) is 4.45. The molecule has 0 saturated carbocycles. The van der Waals surface area contributed by atoms with Crippen molar-refractivity contribution in [1.82, 2.24) is 4.72 Å². The summed E-state index contributed by atoms with van der Waals surface area (Å²) in [5.41, 5.74) is 6.00. The lowest BCUT2D eigenvalue weighted by Gasteiger charge is -2.10. The molecule has 0 bridgehead atoms. The number of hydrogen-bond donors (Lipinski definition) is 2. The normalized spacial score (nSPS) is 12.1. The van der Waals surface area contributed by atoms with E-state index in [1.807, 2.05) is 13.8 Å². The molecule has 6 heteroatoms. The van der Waals surface area contributed by atoms with Crippen molar-refractivity contribution in [2.45, 2.75) is 31.7 Å². The molecule has 0 radical (unpaired) electrons. The highest BCUT2D eigenvalue weighted by Gasteiger charge is 2.18. The number of sulfonamides is 1. The first kappa shape index (κ1) is 15.1. The molecular formula is C12H19FN2O2S. The minimum Gasteiger partial charge on any atom is -0.326 e. The molecule has 0 fully saturated rings. The Bertz CT molecular complexity index is 501. The van der Waals surface area contributed by atoms with Gasteiger partial charge in [0.2, 0.25) is 10.0 Å². The lowest BCUT2D eigenvalue weighted by molar-refractivity contribution is 0.539. The van der Waals surface area contributed by atoms with Crippen LogP contribution in [0.5, 0.6) is 0 Å². The van der Waals surface area contributed by atoms with Crippen LogP contribution in [0.2, 0.25) is 0 Å². The minimum absolute atomic E-state index is 0.175. The van der Waals surface area contributed by atoms with Crippen LogP contribution in [0.1, 0.15) is 25.8 Å². The topological polar surface area (TPSA) is 72.2 Å². The molecule has 0 heterocycles. The second kappa shape index (κ2) is 6.26. The van der Waals surface area contributed by atoms with Crippen LogP contribution >= 0.6 is 0 Å². The zero-order valence-electron chi connectivity index (χ0n) is 10.6. The van der Waals surface area contributed by atoms with Gasteiger partial charge in [-0.25, -0.2) is 17.5 Å². The van der Waals surface area contributed by atoms with Crippen molar-refractivity contribution < 1.29 is 12.8 Å². The lowest BCUT2D eigenvalue weighted by atomic mass is 10.1. The zero-order chi connectivity index (χ0) is 13.8. The van der Waals surface area contributed by atoms with E-state index in [0.29, 0.717) is 24.4 Å². The Hall–Kier alpha value is -0.980. The number of nitrogens with two attached hydrogens (primary N) is 1. The van der Waals surface area contributed by atoms with Crippen LogP contribution in [0, 0.1) is 11.7 Å². The van der Waals surface area contributed by atoms with E-state index >= 15 is 0 Å². The number of hydrogen-bond acceptors (Lipinski definition) is 3. The molecule has 102 valence electrons. The number of benzene rings is 1. The van der Waals surface area contributed by atoms with Crippen molar-refractivity contribution in [2.75, 3.05) is 6.54 Å². The van der Waals surface area contributed by atoms with Crippen LogP contribution in [-0.4, -0.2) is 15.0 Å². The highest BCUT2D eigenvalue weighted by Crippen LogP contribution is 2.16. The maximum atomic E-state index is 13.5. The summed E-state index contributed by atoms with van der Waals surface area (Å²) >= 11 is 0. The summed E-state index contributed by atoms with van der Waals surface area (Å²) in [5.74, 6) is -0.378. The molecular weight excluding hydrogens is 255 g/mol. The molecule has 0 aliphatic heterocycles. The fraction of sp³-hybridized carbons (Fsp3) is 0.500. The van der Waals surface area contributed by atoms with E-state index in [9.17, 15) is 12.8 Å². The van der Waals surface area contributed by atoms with Gasteiger partial charge in [-0.05, 0) is 30.0 Å². The molecule has 18 heavy (non-hydrogen) atoms. The van der Waals surface area contributed by atoms with E-state index < -0.39 is 15.8 Å². The van der Waals surface area contributed by atoms with Gasteiger partial charge in [-0.1, -0.05) is 19.9 Å². The molecule has 0 amide bonds. The predicted octanol–water partition coefficient (Wildman–Crippen LogP) is 1.61. The van der Waals surface area contributed by atoms with Gasteiger partial charge >= 0.3 is 0 Å². The van der Waals surface area contributed by atoms with Crippen molar-refractivity contribution in [3.8, 4) is 0 Å². The maximum Gasteiger partial charge on any atom is 0.243 e. The first-order valence-electron chi connectivity index (χ1n) is 5.85. The maximum absolute atomic E-state index is 13.5. The Balaban J connectivity index is 2.90. The van der Waals surface area contributed by atoms with E-state index in [4.69, 9.17) is 5.73 Å². The predicted molar refractivity (Wildman–Crippen MR) is 68.9 cm³/mol. The average molecular weight is 274 g/mol. The van der Waals surface area contributed by atoms with E-state index in [1.54, 1.807) is 0 Å². The Kier molecular flexibility index (Phi) is 5.25. The van der Waals surface area contributed by atoms with Crippen LogP contribution in [0.15, 0.2) is 23.1 Å². The standard InChI is InChI=1S/C12H19FN2O2S/c1-9(2)5-6-15-18(16,17)12-7-10(8-14)3-4-11(12)13/h3-4,7,9,15H,5-6,8,14H2,1-2H3. The quantitative estimate of drug-likeness (QED) is 0.827. The smallest absolute Gasteiger partial charge is 0.243 e. The molecule has 0 aliphatic carbocycles. The van der Waals surface area contributed by atoms with E-state index in [2.05, 4.69) is 4.72 Å². The molecule has 1 rings (SSSR count). The monoisotopic (exact) mass is 274 g/mol. The number of nitrogens with one attached hydrogen (secondary N) is 1. The Morgan fingerprint density at radius 2 is 2.06 bits per heavy atom. The van der Waals surface area contributed by atoms with Crippen molar-refractivity contribution in [1.29, 1.82) is 0 Å². The van der Waals surface area contributed by atoms with Crippen molar-refractivity contribution in [2.24, 2.45) is 11.7 Å². The summed E-state index contributed by atoms with van der Waals surface area (Å²) in [4.78, 5) is -0.339. The Morgan fingerprint density at radius 3 is 2.61 bits per heavy atom. The number of rotatable bonds is 6. The molecule has 0 saturated heterocycles. The van der Waals surface area contributed by atoms with Crippen LogP contribution < -0.4 is 10.5 Å². The average Bonchev–Trinajstić information content (AvgIpc) is 2.28.